The topological polar surface area (TPSA) is 70.6 Å². The first-order valence-electron chi connectivity index (χ1n) is 8.69. The first kappa shape index (κ1) is 25.2. The molecular formula is C16H36IN3O2S. The molecule has 0 aromatic heterocycles. The highest BCUT2D eigenvalue weighted by molar-refractivity contribution is 14.0. The van der Waals surface area contributed by atoms with E-state index in [0.29, 0.717) is 12.5 Å². The second-order valence-electron chi connectivity index (χ2n) is 5.79. The maximum Gasteiger partial charge on any atom is 0.191 e. The van der Waals surface area contributed by atoms with Gasteiger partial charge in [0.25, 0.3) is 0 Å². The molecule has 0 heterocycles. The molecule has 7 heteroatoms. The third kappa shape index (κ3) is 19.9. The highest BCUT2D eigenvalue weighted by Gasteiger charge is 2.02. The molecule has 0 bridgehead atoms. The average Bonchev–Trinajstić information content (AvgIpc) is 2.44. The van der Waals surface area contributed by atoms with Crippen LogP contribution in [0.1, 0.15) is 65.2 Å². The van der Waals surface area contributed by atoms with E-state index in [1.807, 2.05) is 6.92 Å². The van der Waals surface area contributed by atoms with Crippen LogP contribution in [0.5, 0.6) is 0 Å². The lowest BCUT2D eigenvalue weighted by atomic mass is 10.1. The van der Waals surface area contributed by atoms with Gasteiger partial charge in [0.05, 0.1) is 5.75 Å². The molecule has 140 valence electrons. The van der Waals surface area contributed by atoms with Gasteiger partial charge in [-0.05, 0) is 13.3 Å². The van der Waals surface area contributed by atoms with E-state index in [-0.39, 0.29) is 29.7 Å². The molecule has 0 aliphatic heterocycles. The second kappa shape index (κ2) is 16.8. The summed E-state index contributed by atoms with van der Waals surface area (Å²) in [5.41, 5.74) is 0. The Morgan fingerprint density at radius 2 is 1.48 bits per heavy atom. The van der Waals surface area contributed by atoms with Crippen molar-refractivity contribution < 1.29 is 8.42 Å². The number of hydrogen-bond acceptors (Lipinski definition) is 3. The molecule has 0 aliphatic rings. The van der Waals surface area contributed by atoms with Gasteiger partial charge in [-0.1, -0.05) is 51.9 Å². The zero-order valence-corrected chi connectivity index (χ0v) is 18.2. The van der Waals surface area contributed by atoms with Gasteiger partial charge in [0.1, 0.15) is 9.84 Å². The van der Waals surface area contributed by atoms with Crippen LogP contribution in [-0.2, 0) is 9.84 Å². The van der Waals surface area contributed by atoms with Crippen molar-refractivity contribution in [1.82, 2.24) is 10.6 Å². The summed E-state index contributed by atoms with van der Waals surface area (Å²) in [6, 6.07) is 0. The summed E-state index contributed by atoms with van der Waals surface area (Å²) in [5, 5.41) is 6.20. The zero-order chi connectivity index (χ0) is 16.7. The van der Waals surface area contributed by atoms with Crippen molar-refractivity contribution in [1.29, 1.82) is 0 Å². The Hall–Kier alpha value is -0.0500. The van der Waals surface area contributed by atoms with Crippen LogP contribution < -0.4 is 10.6 Å². The fourth-order valence-electron chi connectivity index (χ4n) is 2.13. The van der Waals surface area contributed by atoms with Crippen LogP contribution in [0.25, 0.3) is 0 Å². The third-order valence-corrected chi connectivity index (χ3v) is 4.34. The molecule has 0 amide bonds. The number of guanidine groups is 1. The van der Waals surface area contributed by atoms with Gasteiger partial charge in [0, 0.05) is 25.9 Å². The molecule has 0 aliphatic carbocycles. The molecule has 2 N–H and O–H groups in total. The van der Waals surface area contributed by atoms with E-state index >= 15 is 0 Å². The maximum absolute atomic E-state index is 11.1. The van der Waals surface area contributed by atoms with E-state index in [1.54, 1.807) is 0 Å². The van der Waals surface area contributed by atoms with Gasteiger partial charge < -0.3 is 10.6 Å². The van der Waals surface area contributed by atoms with E-state index in [2.05, 4.69) is 22.5 Å². The third-order valence-electron chi connectivity index (χ3n) is 3.39. The minimum atomic E-state index is -2.92. The Labute approximate surface area is 160 Å². The summed E-state index contributed by atoms with van der Waals surface area (Å²) in [6.07, 6.45) is 11.6. The molecule has 0 fully saturated rings. The van der Waals surface area contributed by atoms with E-state index in [9.17, 15) is 8.42 Å². The first-order valence-corrected chi connectivity index (χ1v) is 10.8. The number of aliphatic imine (C=N–C) groups is 1. The first-order chi connectivity index (χ1) is 10.5. The lowest BCUT2D eigenvalue weighted by molar-refractivity contribution is 0.578. The highest BCUT2D eigenvalue weighted by atomic mass is 127. The van der Waals surface area contributed by atoms with Gasteiger partial charge in [-0.15, -0.1) is 24.0 Å². The number of halogens is 1. The van der Waals surface area contributed by atoms with Gasteiger partial charge in [0.2, 0.25) is 0 Å². The van der Waals surface area contributed by atoms with Crippen LogP contribution in [0.3, 0.4) is 0 Å². The van der Waals surface area contributed by atoms with Crippen LogP contribution in [0.15, 0.2) is 4.99 Å². The van der Waals surface area contributed by atoms with Crippen molar-refractivity contribution in [3.8, 4) is 0 Å². The highest BCUT2D eigenvalue weighted by Crippen LogP contribution is 2.08. The molecule has 0 saturated carbocycles. The molecular weight excluding hydrogens is 425 g/mol. The SMILES string of the molecule is CCCCCCCCCCN=C(NCC)NCCS(C)(=O)=O.I. The lowest BCUT2D eigenvalue weighted by Crippen LogP contribution is -2.39. The monoisotopic (exact) mass is 461 g/mol. The van der Waals surface area contributed by atoms with Crippen molar-refractivity contribution in [3.63, 3.8) is 0 Å². The Kier molecular flexibility index (Phi) is 18.4. The van der Waals surface area contributed by atoms with Crippen molar-refractivity contribution in [2.24, 2.45) is 4.99 Å². The molecule has 5 nitrogen and oxygen atoms in total. The van der Waals surface area contributed by atoms with Crippen molar-refractivity contribution in [2.45, 2.75) is 65.2 Å². The Bertz CT molecular complexity index is 387. The molecule has 0 unspecified atom stereocenters. The van der Waals surface area contributed by atoms with E-state index in [0.717, 1.165) is 19.5 Å². The summed E-state index contributed by atoms with van der Waals surface area (Å²) >= 11 is 0. The van der Waals surface area contributed by atoms with Crippen LogP contribution in [0.4, 0.5) is 0 Å². The molecule has 0 spiro atoms. The van der Waals surface area contributed by atoms with Crippen LogP contribution in [0, 0.1) is 0 Å². The van der Waals surface area contributed by atoms with Gasteiger partial charge in [0.15, 0.2) is 5.96 Å². The van der Waals surface area contributed by atoms with Crippen molar-refractivity contribution in [2.75, 3.05) is 31.6 Å². The summed E-state index contributed by atoms with van der Waals surface area (Å²) < 4.78 is 22.2. The molecule has 0 rings (SSSR count). The minimum Gasteiger partial charge on any atom is -0.357 e. The number of unbranched alkanes of at least 4 members (excludes halogenated alkanes) is 7. The molecule has 0 aromatic carbocycles. The fourth-order valence-corrected chi connectivity index (χ4v) is 2.61. The second-order valence-corrected chi connectivity index (χ2v) is 8.05. The summed E-state index contributed by atoms with van der Waals surface area (Å²) in [5.74, 6) is 0.851. The Balaban J connectivity index is 0. The molecule has 23 heavy (non-hydrogen) atoms. The van der Waals surface area contributed by atoms with Crippen molar-refractivity contribution in [3.05, 3.63) is 0 Å². The van der Waals surface area contributed by atoms with E-state index < -0.39 is 9.84 Å². The predicted octanol–water partition coefficient (Wildman–Crippen LogP) is 3.34. The number of nitrogens with zero attached hydrogens (tertiary/aromatic N) is 1. The molecule has 0 aromatic rings. The maximum atomic E-state index is 11.1. The van der Waals surface area contributed by atoms with Crippen molar-refractivity contribution >= 4 is 39.8 Å². The molecule has 0 saturated heterocycles. The van der Waals surface area contributed by atoms with Crippen LogP contribution in [0.2, 0.25) is 0 Å². The molecule has 0 radical (unpaired) electrons. The van der Waals surface area contributed by atoms with Gasteiger partial charge in [-0.25, -0.2) is 8.42 Å². The number of nitrogens with one attached hydrogen (secondary N) is 2. The summed E-state index contributed by atoms with van der Waals surface area (Å²) in [6.45, 7) is 6.22. The zero-order valence-electron chi connectivity index (χ0n) is 15.1. The van der Waals surface area contributed by atoms with Crippen LogP contribution in [-0.4, -0.2) is 46.0 Å². The predicted molar refractivity (Wildman–Crippen MR) is 112 cm³/mol. The van der Waals surface area contributed by atoms with E-state index in [4.69, 9.17) is 0 Å². The average molecular weight is 461 g/mol. The number of rotatable bonds is 13. The Morgan fingerprint density at radius 1 is 0.913 bits per heavy atom. The number of sulfone groups is 1. The van der Waals surface area contributed by atoms with Gasteiger partial charge >= 0.3 is 0 Å². The van der Waals surface area contributed by atoms with Crippen LogP contribution >= 0.6 is 24.0 Å². The number of hydrogen-bond donors (Lipinski definition) is 2. The lowest BCUT2D eigenvalue weighted by Gasteiger charge is -2.10. The van der Waals surface area contributed by atoms with E-state index in [1.165, 1.54) is 51.2 Å². The van der Waals surface area contributed by atoms with Gasteiger partial charge in [-0.3, -0.25) is 4.99 Å². The minimum absolute atomic E-state index is 0. The fraction of sp³-hybridized carbons (Fsp3) is 0.938. The smallest absolute Gasteiger partial charge is 0.191 e. The standard InChI is InChI=1S/C16H35N3O2S.HI/c1-4-6-7-8-9-10-11-12-13-18-16(17-5-2)19-14-15-22(3,20)21;/h4-15H2,1-3H3,(H2,17,18,19);1H. The quantitative estimate of drug-likeness (QED) is 0.191. The summed E-state index contributed by atoms with van der Waals surface area (Å²) in [7, 11) is -2.92. The molecule has 0 atom stereocenters. The summed E-state index contributed by atoms with van der Waals surface area (Å²) in [4.78, 5) is 4.48. The normalized spacial score (nSPS) is 11.9. The largest absolute Gasteiger partial charge is 0.357 e. The Morgan fingerprint density at radius 3 is 2.00 bits per heavy atom. The van der Waals surface area contributed by atoms with Gasteiger partial charge in [-0.2, -0.15) is 0 Å².